The van der Waals surface area contributed by atoms with Crippen LogP contribution in [0.5, 0.6) is 5.75 Å². The third-order valence-corrected chi connectivity index (χ3v) is 3.69. The normalized spacial score (nSPS) is 10.8. The van der Waals surface area contributed by atoms with Crippen molar-refractivity contribution in [3.05, 3.63) is 76.9 Å². The summed E-state index contributed by atoms with van der Waals surface area (Å²) in [6.07, 6.45) is 1.73. The molecule has 8 heteroatoms. The minimum atomic E-state index is -2.90. The highest BCUT2D eigenvalue weighted by Gasteiger charge is 2.10. The molecule has 3 aromatic rings. The van der Waals surface area contributed by atoms with Crippen molar-refractivity contribution in [3.8, 4) is 5.75 Å². The number of halogens is 3. The maximum atomic E-state index is 12.2. The molecule has 0 saturated carbocycles. The van der Waals surface area contributed by atoms with Crippen LogP contribution in [0.25, 0.3) is 0 Å². The third kappa shape index (κ3) is 4.80. The van der Waals surface area contributed by atoms with Crippen molar-refractivity contribution in [1.82, 2.24) is 9.78 Å². The first kappa shape index (κ1) is 17.9. The van der Waals surface area contributed by atoms with Crippen LogP contribution < -0.4 is 10.1 Å². The number of carbonyl (C=O) groups is 1. The highest BCUT2D eigenvalue weighted by molar-refractivity contribution is 6.30. The van der Waals surface area contributed by atoms with Crippen molar-refractivity contribution in [2.45, 2.75) is 13.2 Å². The summed E-state index contributed by atoms with van der Waals surface area (Å²) in [6.45, 7) is -2.39. The van der Waals surface area contributed by atoms with E-state index in [-0.39, 0.29) is 5.75 Å². The number of carbonyl (C=O) groups excluding carboxylic acids is 1. The number of nitrogens with one attached hydrogen (secondary N) is 1. The van der Waals surface area contributed by atoms with Crippen LogP contribution in [-0.4, -0.2) is 22.3 Å². The van der Waals surface area contributed by atoms with Gasteiger partial charge in [0.2, 0.25) is 0 Å². The Kier molecular flexibility index (Phi) is 5.48. The van der Waals surface area contributed by atoms with E-state index in [0.717, 1.165) is 5.56 Å². The predicted molar refractivity (Wildman–Crippen MR) is 93.8 cm³/mol. The number of benzene rings is 2. The first-order valence-electron chi connectivity index (χ1n) is 7.64. The van der Waals surface area contributed by atoms with Crippen LogP contribution in [0, 0.1) is 0 Å². The van der Waals surface area contributed by atoms with Crippen LogP contribution in [-0.2, 0) is 6.54 Å². The lowest BCUT2D eigenvalue weighted by molar-refractivity contribution is -0.0498. The zero-order valence-corrected chi connectivity index (χ0v) is 14.2. The molecule has 0 aliphatic heterocycles. The largest absolute Gasteiger partial charge is 0.435 e. The number of amides is 1. The van der Waals surface area contributed by atoms with Gasteiger partial charge in [0, 0.05) is 22.8 Å². The van der Waals surface area contributed by atoms with Crippen LogP contribution in [0.2, 0.25) is 5.02 Å². The van der Waals surface area contributed by atoms with Gasteiger partial charge in [0.05, 0.1) is 6.54 Å². The van der Waals surface area contributed by atoms with Crippen LogP contribution in [0.3, 0.4) is 0 Å². The van der Waals surface area contributed by atoms with E-state index < -0.39 is 12.5 Å². The Morgan fingerprint density at radius 1 is 1.19 bits per heavy atom. The smallest absolute Gasteiger partial charge is 0.387 e. The van der Waals surface area contributed by atoms with Gasteiger partial charge in [-0.2, -0.15) is 13.9 Å². The Labute approximate surface area is 153 Å². The van der Waals surface area contributed by atoms with Crippen molar-refractivity contribution in [2.24, 2.45) is 0 Å². The molecule has 5 nitrogen and oxygen atoms in total. The van der Waals surface area contributed by atoms with Crippen LogP contribution in [0.1, 0.15) is 15.9 Å². The summed E-state index contributed by atoms with van der Waals surface area (Å²) in [5.74, 6) is -0.0334. The van der Waals surface area contributed by atoms with Crippen molar-refractivity contribution in [3.63, 3.8) is 0 Å². The number of alkyl halides is 2. The monoisotopic (exact) mass is 377 g/mol. The fraction of sp³-hybridized carbons (Fsp3) is 0.111. The molecule has 2 aromatic carbocycles. The zero-order chi connectivity index (χ0) is 18.5. The molecule has 0 spiro atoms. The summed E-state index contributed by atoms with van der Waals surface area (Å²) in [5.41, 5.74) is 1.28. The molecule has 0 aliphatic rings. The number of ether oxygens (including phenoxy) is 1. The second-order valence-corrected chi connectivity index (χ2v) is 5.82. The molecule has 0 unspecified atom stereocenters. The standard InChI is InChI=1S/C18H14ClF2N3O2/c19-14-3-1-2-12(10-14)11-24-9-8-16(23-24)22-17(25)13-4-6-15(7-5-13)26-18(20)21/h1-10,18H,11H2,(H,22,23,25). The maximum absolute atomic E-state index is 12.2. The summed E-state index contributed by atoms with van der Waals surface area (Å²) < 4.78 is 30.2. The fourth-order valence-electron chi connectivity index (χ4n) is 2.32. The number of nitrogens with zero attached hydrogens (tertiary/aromatic N) is 2. The zero-order valence-electron chi connectivity index (χ0n) is 13.4. The highest BCUT2D eigenvalue weighted by atomic mass is 35.5. The van der Waals surface area contributed by atoms with E-state index in [1.54, 1.807) is 23.0 Å². The molecule has 0 fully saturated rings. The van der Waals surface area contributed by atoms with E-state index in [1.165, 1.54) is 24.3 Å². The summed E-state index contributed by atoms with van der Waals surface area (Å²) in [6, 6.07) is 14.5. The number of hydrogen-bond donors (Lipinski definition) is 1. The molecule has 1 N–H and O–H groups in total. The molecule has 3 rings (SSSR count). The van der Waals surface area contributed by atoms with Gasteiger partial charge in [-0.3, -0.25) is 9.48 Å². The molecule has 1 amide bonds. The second kappa shape index (κ2) is 7.97. The minimum absolute atomic E-state index is 0.0117. The highest BCUT2D eigenvalue weighted by Crippen LogP contribution is 2.16. The SMILES string of the molecule is O=C(Nc1ccn(Cc2cccc(Cl)c2)n1)c1ccc(OC(F)F)cc1. The second-order valence-electron chi connectivity index (χ2n) is 5.39. The Morgan fingerprint density at radius 2 is 1.96 bits per heavy atom. The van der Waals surface area contributed by atoms with E-state index in [0.29, 0.717) is 22.9 Å². The first-order valence-corrected chi connectivity index (χ1v) is 8.01. The van der Waals surface area contributed by atoms with E-state index in [2.05, 4.69) is 15.2 Å². The fourth-order valence-corrected chi connectivity index (χ4v) is 2.53. The van der Waals surface area contributed by atoms with Gasteiger partial charge < -0.3 is 10.1 Å². The van der Waals surface area contributed by atoms with Crippen LogP contribution in [0.15, 0.2) is 60.8 Å². The van der Waals surface area contributed by atoms with Gasteiger partial charge in [-0.15, -0.1) is 0 Å². The number of anilines is 1. The van der Waals surface area contributed by atoms with Gasteiger partial charge in [-0.25, -0.2) is 0 Å². The van der Waals surface area contributed by atoms with Gasteiger partial charge in [0.15, 0.2) is 5.82 Å². The molecule has 26 heavy (non-hydrogen) atoms. The summed E-state index contributed by atoms with van der Waals surface area (Å²) in [5, 5.41) is 7.57. The maximum Gasteiger partial charge on any atom is 0.387 e. The molecule has 0 bridgehead atoms. The number of aromatic nitrogens is 2. The van der Waals surface area contributed by atoms with Crippen molar-refractivity contribution >= 4 is 23.3 Å². The Hall–Kier alpha value is -2.93. The molecule has 134 valence electrons. The van der Waals surface area contributed by atoms with Crippen molar-refractivity contribution < 1.29 is 18.3 Å². The molecule has 0 atom stereocenters. The molecule has 0 saturated heterocycles. The quantitative estimate of drug-likeness (QED) is 0.691. The lowest BCUT2D eigenvalue weighted by Crippen LogP contribution is -2.13. The van der Waals surface area contributed by atoms with E-state index in [4.69, 9.17) is 11.6 Å². The average Bonchev–Trinajstić information content (AvgIpc) is 3.02. The van der Waals surface area contributed by atoms with Crippen molar-refractivity contribution in [1.29, 1.82) is 0 Å². The van der Waals surface area contributed by atoms with E-state index in [1.807, 2.05) is 18.2 Å². The van der Waals surface area contributed by atoms with Crippen LogP contribution >= 0.6 is 11.6 Å². The van der Waals surface area contributed by atoms with Gasteiger partial charge in [-0.1, -0.05) is 23.7 Å². The molecular formula is C18H14ClF2N3O2. The topological polar surface area (TPSA) is 56.2 Å². The van der Waals surface area contributed by atoms with Gasteiger partial charge in [0.25, 0.3) is 5.91 Å². The minimum Gasteiger partial charge on any atom is -0.435 e. The molecule has 0 aliphatic carbocycles. The number of rotatable bonds is 6. The molecular weight excluding hydrogens is 364 g/mol. The lowest BCUT2D eigenvalue weighted by atomic mass is 10.2. The molecule has 0 radical (unpaired) electrons. The van der Waals surface area contributed by atoms with E-state index >= 15 is 0 Å². The Morgan fingerprint density at radius 3 is 2.65 bits per heavy atom. The Balaban J connectivity index is 1.62. The van der Waals surface area contributed by atoms with Gasteiger partial charge in [-0.05, 0) is 42.0 Å². The van der Waals surface area contributed by atoms with E-state index in [9.17, 15) is 13.6 Å². The summed E-state index contributed by atoms with van der Waals surface area (Å²) >= 11 is 5.95. The predicted octanol–water partition coefficient (Wildman–Crippen LogP) is 4.44. The summed E-state index contributed by atoms with van der Waals surface area (Å²) in [4.78, 5) is 12.2. The third-order valence-electron chi connectivity index (χ3n) is 3.46. The Bertz CT molecular complexity index is 897. The summed E-state index contributed by atoms with van der Waals surface area (Å²) in [7, 11) is 0. The van der Waals surface area contributed by atoms with Crippen LogP contribution in [0.4, 0.5) is 14.6 Å². The van der Waals surface area contributed by atoms with Crippen molar-refractivity contribution in [2.75, 3.05) is 5.32 Å². The first-order chi connectivity index (χ1) is 12.5. The van der Waals surface area contributed by atoms with Gasteiger partial charge in [0.1, 0.15) is 5.75 Å². The molecule has 1 heterocycles. The lowest BCUT2D eigenvalue weighted by Gasteiger charge is -2.06. The van der Waals surface area contributed by atoms with Gasteiger partial charge >= 0.3 is 6.61 Å². The molecule has 1 aromatic heterocycles. The number of hydrogen-bond acceptors (Lipinski definition) is 3. The average molecular weight is 378 g/mol.